The van der Waals surface area contributed by atoms with E-state index >= 15 is 0 Å². The van der Waals surface area contributed by atoms with Crippen molar-refractivity contribution in [2.75, 3.05) is 63.9 Å². The number of amides is 2. The van der Waals surface area contributed by atoms with Gasteiger partial charge in [-0.25, -0.2) is 9.18 Å². The van der Waals surface area contributed by atoms with Crippen LogP contribution in [0.3, 0.4) is 0 Å². The van der Waals surface area contributed by atoms with Gasteiger partial charge in [0.1, 0.15) is 5.82 Å². The van der Waals surface area contributed by atoms with E-state index in [9.17, 15) is 9.18 Å². The van der Waals surface area contributed by atoms with Crippen molar-refractivity contribution in [3.8, 4) is 0 Å². The lowest BCUT2D eigenvalue weighted by Gasteiger charge is -2.37. The lowest BCUT2D eigenvalue weighted by molar-refractivity contribution is -0.0294. The van der Waals surface area contributed by atoms with Gasteiger partial charge >= 0.3 is 6.03 Å². The van der Waals surface area contributed by atoms with E-state index in [1.807, 2.05) is 11.0 Å². The van der Waals surface area contributed by atoms with Crippen LogP contribution in [0.1, 0.15) is 13.8 Å². The number of halogens is 1. The van der Waals surface area contributed by atoms with Crippen LogP contribution < -0.4 is 10.2 Å². The van der Waals surface area contributed by atoms with E-state index in [0.717, 1.165) is 19.6 Å². The summed E-state index contributed by atoms with van der Waals surface area (Å²) in [5.74, 6) is 0.417. The average molecular weight is 378 g/mol. The number of benzene rings is 1. The normalized spacial score (nSPS) is 21.6. The number of urea groups is 1. The first-order chi connectivity index (χ1) is 13.0. The molecule has 6 nitrogen and oxygen atoms in total. The molecule has 1 aromatic rings. The van der Waals surface area contributed by atoms with Crippen molar-refractivity contribution in [1.29, 1.82) is 0 Å². The second kappa shape index (κ2) is 9.37. The van der Waals surface area contributed by atoms with Gasteiger partial charge in [-0.2, -0.15) is 0 Å². The summed E-state index contributed by atoms with van der Waals surface area (Å²) in [6, 6.07) is 6.73. The molecule has 2 fully saturated rings. The summed E-state index contributed by atoms with van der Waals surface area (Å²) in [6.45, 7) is 11.0. The molecule has 2 heterocycles. The van der Waals surface area contributed by atoms with Crippen molar-refractivity contribution in [3.63, 3.8) is 0 Å². The number of nitrogens with zero attached hydrogens (tertiary/aromatic N) is 3. The van der Waals surface area contributed by atoms with Gasteiger partial charge in [0.05, 0.1) is 18.4 Å². The van der Waals surface area contributed by atoms with Gasteiger partial charge < -0.3 is 19.9 Å². The van der Waals surface area contributed by atoms with Crippen LogP contribution >= 0.6 is 0 Å². The van der Waals surface area contributed by atoms with Crippen molar-refractivity contribution >= 4 is 11.7 Å². The number of ether oxygens (including phenoxy) is 1. The topological polar surface area (TPSA) is 48.1 Å². The Labute approximate surface area is 161 Å². The Bertz CT molecular complexity index is 620. The van der Waals surface area contributed by atoms with E-state index in [1.165, 1.54) is 6.07 Å². The molecular formula is C20H31FN4O2. The Balaban J connectivity index is 1.41. The largest absolute Gasteiger partial charge is 0.374 e. The number of anilines is 1. The van der Waals surface area contributed by atoms with Crippen molar-refractivity contribution in [1.82, 2.24) is 15.1 Å². The minimum atomic E-state index is -0.212. The highest BCUT2D eigenvalue weighted by Gasteiger charge is 2.25. The zero-order chi connectivity index (χ0) is 19.2. The summed E-state index contributed by atoms with van der Waals surface area (Å²) in [7, 11) is 0. The van der Waals surface area contributed by atoms with Crippen molar-refractivity contribution < 1.29 is 13.9 Å². The van der Waals surface area contributed by atoms with Gasteiger partial charge in [0.25, 0.3) is 0 Å². The summed E-state index contributed by atoms with van der Waals surface area (Å²) in [5.41, 5.74) is 0.610. The Kier molecular flexibility index (Phi) is 6.90. The lowest BCUT2D eigenvalue weighted by Crippen LogP contribution is -2.54. The molecule has 0 aliphatic carbocycles. The molecule has 2 aliphatic rings. The number of carbonyl (C=O) groups excluding carboxylic acids is 1. The third kappa shape index (κ3) is 5.56. The number of hydrogen-bond donors (Lipinski definition) is 1. The van der Waals surface area contributed by atoms with Crippen LogP contribution in [0.2, 0.25) is 0 Å². The average Bonchev–Trinajstić information content (AvgIpc) is 2.66. The molecule has 0 saturated carbocycles. The third-order valence-electron chi connectivity index (χ3n) is 5.09. The van der Waals surface area contributed by atoms with E-state index in [-0.39, 0.29) is 18.0 Å². The summed E-state index contributed by atoms with van der Waals surface area (Å²) >= 11 is 0. The Hall–Kier alpha value is -1.86. The second-order valence-electron chi connectivity index (χ2n) is 7.76. The molecule has 1 N–H and O–H groups in total. The Morgan fingerprint density at radius 3 is 2.67 bits per heavy atom. The number of piperazine rings is 1. The van der Waals surface area contributed by atoms with Crippen molar-refractivity contribution in [2.45, 2.75) is 20.0 Å². The lowest BCUT2D eigenvalue weighted by atomic mass is 10.2. The zero-order valence-electron chi connectivity index (χ0n) is 16.4. The molecule has 0 unspecified atom stereocenters. The van der Waals surface area contributed by atoms with E-state index in [4.69, 9.17) is 4.74 Å². The smallest absolute Gasteiger partial charge is 0.317 e. The fourth-order valence-corrected chi connectivity index (χ4v) is 3.76. The van der Waals surface area contributed by atoms with Gasteiger partial charge in [-0.15, -0.1) is 0 Å². The van der Waals surface area contributed by atoms with Gasteiger partial charge in [-0.05, 0) is 18.1 Å². The fourth-order valence-electron chi connectivity index (χ4n) is 3.76. The van der Waals surface area contributed by atoms with Crippen LogP contribution in [-0.4, -0.2) is 80.9 Å². The van der Waals surface area contributed by atoms with Gasteiger partial charge in [0.15, 0.2) is 0 Å². The molecular weight excluding hydrogens is 347 g/mol. The fraction of sp³-hybridized carbons (Fsp3) is 0.650. The molecule has 0 spiro atoms. The maximum Gasteiger partial charge on any atom is 0.317 e. The van der Waals surface area contributed by atoms with Crippen LogP contribution in [0.5, 0.6) is 0 Å². The monoisotopic (exact) mass is 378 g/mol. The maximum absolute atomic E-state index is 13.9. The quantitative estimate of drug-likeness (QED) is 0.852. The first-order valence-corrected chi connectivity index (χ1v) is 9.89. The van der Waals surface area contributed by atoms with Crippen LogP contribution in [0.25, 0.3) is 0 Å². The SMILES string of the molecule is CC(C)CN1CCO[C@@H](CNC(=O)N2CCN(c3ccccc3F)CC2)C1. The molecule has 0 aromatic heterocycles. The van der Waals surface area contributed by atoms with E-state index in [2.05, 4.69) is 24.1 Å². The van der Waals surface area contributed by atoms with E-state index in [0.29, 0.717) is 50.9 Å². The number of hydrogen-bond acceptors (Lipinski definition) is 4. The predicted molar refractivity (Wildman–Crippen MR) is 105 cm³/mol. The highest BCUT2D eigenvalue weighted by atomic mass is 19.1. The highest BCUT2D eigenvalue weighted by molar-refractivity contribution is 5.74. The van der Waals surface area contributed by atoms with E-state index < -0.39 is 0 Å². The second-order valence-corrected chi connectivity index (χ2v) is 7.76. The highest BCUT2D eigenvalue weighted by Crippen LogP contribution is 2.20. The number of carbonyl (C=O) groups is 1. The Morgan fingerprint density at radius 1 is 1.22 bits per heavy atom. The third-order valence-corrected chi connectivity index (χ3v) is 5.09. The van der Waals surface area contributed by atoms with Crippen LogP contribution in [0.15, 0.2) is 24.3 Å². The molecule has 150 valence electrons. The molecule has 27 heavy (non-hydrogen) atoms. The maximum atomic E-state index is 13.9. The van der Waals surface area contributed by atoms with Gasteiger partial charge in [-0.3, -0.25) is 4.90 Å². The summed E-state index contributed by atoms with van der Waals surface area (Å²) in [5, 5.41) is 3.00. The van der Waals surface area contributed by atoms with Gasteiger partial charge in [0, 0.05) is 52.4 Å². The van der Waals surface area contributed by atoms with Crippen molar-refractivity contribution in [3.05, 3.63) is 30.1 Å². The number of morpholine rings is 1. The van der Waals surface area contributed by atoms with Crippen LogP contribution in [0, 0.1) is 11.7 Å². The molecule has 1 atom stereocenters. The molecule has 3 rings (SSSR count). The molecule has 1 aromatic carbocycles. The van der Waals surface area contributed by atoms with Gasteiger partial charge in [-0.1, -0.05) is 26.0 Å². The van der Waals surface area contributed by atoms with Crippen LogP contribution in [-0.2, 0) is 4.74 Å². The minimum absolute atomic E-state index is 0.0427. The number of nitrogens with one attached hydrogen (secondary N) is 1. The first-order valence-electron chi connectivity index (χ1n) is 9.89. The predicted octanol–water partition coefficient (Wildman–Crippen LogP) is 2.01. The molecule has 7 heteroatoms. The number of rotatable bonds is 5. The minimum Gasteiger partial charge on any atom is -0.374 e. The molecule has 0 bridgehead atoms. The van der Waals surface area contributed by atoms with Crippen LogP contribution in [0.4, 0.5) is 14.9 Å². The number of para-hydroxylation sites is 1. The summed E-state index contributed by atoms with van der Waals surface area (Å²) in [4.78, 5) is 18.7. The zero-order valence-corrected chi connectivity index (χ0v) is 16.4. The molecule has 2 saturated heterocycles. The summed E-state index contributed by atoms with van der Waals surface area (Å²) < 4.78 is 19.7. The Morgan fingerprint density at radius 2 is 1.96 bits per heavy atom. The van der Waals surface area contributed by atoms with Crippen molar-refractivity contribution in [2.24, 2.45) is 5.92 Å². The first kappa shape index (κ1) is 19.9. The van der Waals surface area contributed by atoms with Gasteiger partial charge in [0.2, 0.25) is 0 Å². The van der Waals surface area contributed by atoms with E-state index in [1.54, 1.807) is 17.0 Å². The molecule has 0 radical (unpaired) electrons. The molecule has 2 amide bonds. The summed E-state index contributed by atoms with van der Waals surface area (Å²) in [6.07, 6.45) is 0.0427. The standard InChI is InChI=1S/C20H31FN4O2/c1-16(2)14-23-11-12-27-17(15-23)13-22-20(26)25-9-7-24(8-10-25)19-6-4-3-5-18(19)21/h3-6,16-17H,7-15H2,1-2H3,(H,22,26)/t17-/m0/s1. The molecule has 2 aliphatic heterocycles.